The molecule has 10 rings (SSSR count). The molecule has 7 aromatic carbocycles. The fourth-order valence-electron chi connectivity index (χ4n) is 7.00. The quantitative estimate of drug-likeness (QED) is 0.198. The molecule has 0 aliphatic rings. The first-order valence-corrected chi connectivity index (χ1v) is 16.0. The monoisotopic (exact) mass is 614 g/mol. The number of fused-ring (bicyclic) bond motifs is 7. The fourth-order valence-corrected chi connectivity index (χ4v) is 7.00. The van der Waals surface area contributed by atoms with Gasteiger partial charge in [0.1, 0.15) is 11.2 Å². The summed E-state index contributed by atoms with van der Waals surface area (Å²) < 4.78 is 8.58. The van der Waals surface area contributed by atoms with Crippen LogP contribution in [0.15, 0.2) is 162 Å². The van der Waals surface area contributed by atoms with Gasteiger partial charge in [0.15, 0.2) is 11.6 Å². The first-order valence-electron chi connectivity index (χ1n) is 16.0. The van der Waals surface area contributed by atoms with Gasteiger partial charge in [0.2, 0.25) is 5.95 Å². The molecule has 0 aliphatic heterocycles. The summed E-state index contributed by atoms with van der Waals surface area (Å²) in [7, 11) is 0. The number of hydrogen-bond donors (Lipinski definition) is 0. The van der Waals surface area contributed by atoms with Crippen LogP contribution in [0.4, 0.5) is 0 Å². The van der Waals surface area contributed by atoms with E-state index in [1.54, 1.807) is 0 Å². The van der Waals surface area contributed by atoms with E-state index in [1.165, 1.54) is 10.8 Å². The molecule has 0 spiro atoms. The summed E-state index contributed by atoms with van der Waals surface area (Å²) in [4.78, 5) is 15.4. The van der Waals surface area contributed by atoms with Crippen molar-refractivity contribution >= 4 is 54.5 Å². The molecule has 5 nitrogen and oxygen atoms in total. The fraction of sp³-hybridized carbons (Fsp3) is 0. The summed E-state index contributed by atoms with van der Waals surface area (Å²) >= 11 is 0. The molecule has 0 radical (unpaired) electrons. The predicted molar refractivity (Wildman–Crippen MR) is 195 cm³/mol. The van der Waals surface area contributed by atoms with Gasteiger partial charge in [-0.15, -0.1) is 0 Å². The first-order chi connectivity index (χ1) is 23.8. The van der Waals surface area contributed by atoms with E-state index < -0.39 is 0 Å². The minimum absolute atomic E-state index is 0.568. The molecular weight excluding hydrogens is 589 g/mol. The molecule has 10 aromatic rings. The number of furan rings is 1. The molecule has 0 bridgehead atoms. The van der Waals surface area contributed by atoms with Crippen LogP contribution in [-0.2, 0) is 0 Å². The van der Waals surface area contributed by atoms with Crippen LogP contribution in [0.3, 0.4) is 0 Å². The molecule has 0 saturated carbocycles. The van der Waals surface area contributed by atoms with Crippen molar-refractivity contribution in [3.8, 4) is 39.9 Å². The van der Waals surface area contributed by atoms with Crippen molar-refractivity contribution in [2.24, 2.45) is 0 Å². The molecule has 0 amide bonds. The molecule has 0 saturated heterocycles. The van der Waals surface area contributed by atoms with Crippen LogP contribution in [0.5, 0.6) is 0 Å². The zero-order chi connectivity index (χ0) is 31.6. The summed E-state index contributed by atoms with van der Waals surface area (Å²) in [6.07, 6.45) is 0. The first kappa shape index (κ1) is 26.6. The lowest BCUT2D eigenvalue weighted by molar-refractivity contribution is 0.669. The second-order valence-electron chi connectivity index (χ2n) is 12.1. The largest absolute Gasteiger partial charge is 0.456 e. The lowest BCUT2D eigenvalue weighted by Crippen LogP contribution is -2.06. The van der Waals surface area contributed by atoms with E-state index in [2.05, 4.69) is 120 Å². The van der Waals surface area contributed by atoms with Crippen molar-refractivity contribution in [3.05, 3.63) is 158 Å². The molecule has 0 fully saturated rings. The lowest BCUT2D eigenvalue weighted by Gasteiger charge is -2.11. The smallest absolute Gasteiger partial charge is 0.238 e. The van der Waals surface area contributed by atoms with Crippen LogP contribution in [0.25, 0.3) is 94.4 Å². The zero-order valence-electron chi connectivity index (χ0n) is 25.7. The van der Waals surface area contributed by atoms with Crippen molar-refractivity contribution in [1.82, 2.24) is 19.5 Å². The van der Waals surface area contributed by atoms with Crippen LogP contribution < -0.4 is 0 Å². The third kappa shape index (κ3) is 4.15. The van der Waals surface area contributed by atoms with Crippen molar-refractivity contribution in [2.75, 3.05) is 0 Å². The second-order valence-corrected chi connectivity index (χ2v) is 12.1. The molecule has 0 atom stereocenters. The van der Waals surface area contributed by atoms with E-state index in [1.807, 2.05) is 42.5 Å². The van der Waals surface area contributed by atoms with Crippen LogP contribution in [0, 0.1) is 0 Å². The number of para-hydroxylation sites is 2. The lowest BCUT2D eigenvalue weighted by atomic mass is 9.98. The number of hydrogen-bond acceptors (Lipinski definition) is 4. The predicted octanol–water partition coefficient (Wildman–Crippen LogP) is 11.0. The average molecular weight is 615 g/mol. The van der Waals surface area contributed by atoms with E-state index in [0.29, 0.717) is 17.6 Å². The van der Waals surface area contributed by atoms with Crippen LogP contribution in [-0.4, -0.2) is 19.5 Å². The molecule has 0 N–H and O–H groups in total. The summed E-state index contributed by atoms with van der Waals surface area (Å²) in [5.41, 5.74) is 7.79. The maximum absolute atomic E-state index is 6.43. The van der Waals surface area contributed by atoms with Gasteiger partial charge in [-0.05, 0) is 58.3 Å². The van der Waals surface area contributed by atoms with Gasteiger partial charge in [-0.25, -0.2) is 4.98 Å². The van der Waals surface area contributed by atoms with Gasteiger partial charge >= 0.3 is 0 Å². The Balaban J connectivity index is 1.23. The number of rotatable bonds is 4. The molecule has 3 aromatic heterocycles. The van der Waals surface area contributed by atoms with Crippen molar-refractivity contribution in [3.63, 3.8) is 0 Å². The minimum Gasteiger partial charge on any atom is -0.456 e. The third-order valence-electron chi connectivity index (χ3n) is 9.25. The molecule has 3 heterocycles. The van der Waals surface area contributed by atoms with Crippen LogP contribution in [0.1, 0.15) is 0 Å². The Kier molecular flexibility index (Phi) is 5.81. The summed E-state index contributed by atoms with van der Waals surface area (Å²) in [6.45, 7) is 0. The van der Waals surface area contributed by atoms with Crippen LogP contribution in [0.2, 0.25) is 0 Å². The topological polar surface area (TPSA) is 56.7 Å². The van der Waals surface area contributed by atoms with Crippen molar-refractivity contribution in [2.45, 2.75) is 0 Å². The highest BCUT2D eigenvalue weighted by molar-refractivity contribution is 6.13. The zero-order valence-corrected chi connectivity index (χ0v) is 25.7. The Morgan fingerprint density at radius 2 is 1.08 bits per heavy atom. The van der Waals surface area contributed by atoms with Gasteiger partial charge in [0, 0.05) is 32.7 Å². The number of benzene rings is 7. The highest BCUT2D eigenvalue weighted by Gasteiger charge is 2.20. The highest BCUT2D eigenvalue weighted by Crippen LogP contribution is 2.39. The van der Waals surface area contributed by atoms with E-state index in [4.69, 9.17) is 19.4 Å². The minimum atomic E-state index is 0.568. The average Bonchev–Trinajstić information content (AvgIpc) is 3.70. The van der Waals surface area contributed by atoms with E-state index in [9.17, 15) is 0 Å². The Labute approximate surface area is 275 Å². The number of aromatic nitrogens is 4. The Hall–Kier alpha value is -6.59. The van der Waals surface area contributed by atoms with Gasteiger partial charge in [-0.1, -0.05) is 121 Å². The van der Waals surface area contributed by atoms with Crippen molar-refractivity contribution < 1.29 is 4.42 Å². The maximum Gasteiger partial charge on any atom is 0.238 e. The third-order valence-corrected chi connectivity index (χ3v) is 9.25. The van der Waals surface area contributed by atoms with Gasteiger partial charge in [0.05, 0.1) is 11.0 Å². The van der Waals surface area contributed by atoms with Crippen molar-refractivity contribution in [1.29, 1.82) is 0 Å². The van der Waals surface area contributed by atoms with Gasteiger partial charge in [-0.3, -0.25) is 4.57 Å². The normalized spacial score (nSPS) is 11.8. The molecular formula is C43H26N4O. The Morgan fingerprint density at radius 3 is 1.90 bits per heavy atom. The van der Waals surface area contributed by atoms with Gasteiger partial charge in [0.25, 0.3) is 0 Å². The van der Waals surface area contributed by atoms with E-state index in [-0.39, 0.29) is 0 Å². The SMILES string of the molecule is c1ccc(-c2nc(-c3cccc4oc5ccc(-c6ccc7ccccc7c6)cc5c34)nc(-n3c4ccccc4c4ccccc43)n2)cc1. The summed E-state index contributed by atoms with van der Waals surface area (Å²) in [5.74, 6) is 1.77. The Morgan fingerprint density at radius 1 is 0.417 bits per heavy atom. The number of nitrogens with zero attached hydrogens (tertiary/aromatic N) is 4. The molecule has 224 valence electrons. The molecule has 5 heteroatoms. The highest BCUT2D eigenvalue weighted by atomic mass is 16.3. The summed E-state index contributed by atoms with van der Waals surface area (Å²) in [5, 5.41) is 6.74. The van der Waals surface area contributed by atoms with Gasteiger partial charge < -0.3 is 4.42 Å². The van der Waals surface area contributed by atoms with Crippen LogP contribution >= 0.6 is 0 Å². The van der Waals surface area contributed by atoms with E-state index in [0.717, 1.165) is 66.0 Å². The summed E-state index contributed by atoms with van der Waals surface area (Å²) in [6, 6.07) is 54.5. The Bertz CT molecular complexity index is 2800. The molecule has 0 aliphatic carbocycles. The molecule has 48 heavy (non-hydrogen) atoms. The maximum atomic E-state index is 6.43. The molecule has 0 unspecified atom stereocenters. The second kappa shape index (κ2) is 10.5. The van der Waals surface area contributed by atoms with Gasteiger partial charge in [-0.2, -0.15) is 9.97 Å². The standard InChI is InChI=1S/C43H26N4O/c1-2-12-28(13-3-1)41-44-42(46-43(45-41)47-36-18-8-6-15-32(36)33-16-7-9-19-37(33)47)34-17-10-20-39-40(34)35-26-31(23-24-38(35)48-39)30-22-21-27-11-4-5-14-29(27)25-30/h1-26H. The van der Waals surface area contributed by atoms with E-state index >= 15 is 0 Å².